The van der Waals surface area contributed by atoms with Crippen LogP contribution in [0.15, 0.2) is 29.2 Å². The first kappa shape index (κ1) is 16.4. The van der Waals surface area contributed by atoms with Crippen LogP contribution in [0.4, 0.5) is 5.69 Å². The van der Waals surface area contributed by atoms with Crippen LogP contribution in [0.1, 0.15) is 40.0 Å². The van der Waals surface area contributed by atoms with Gasteiger partial charge in [-0.05, 0) is 49.6 Å². The van der Waals surface area contributed by atoms with E-state index in [1.165, 1.54) is 31.1 Å². The van der Waals surface area contributed by atoms with E-state index in [1.54, 1.807) is 0 Å². The van der Waals surface area contributed by atoms with E-state index in [1.807, 2.05) is 23.9 Å². The molecule has 0 spiro atoms. The number of amides is 1. The van der Waals surface area contributed by atoms with Crippen molar-refractivity contribution in [2.24, 2.45) is 5.41 Å². The van der Waals surface area contributed by atoms with Crippen LogP contribution in [0, 0.1) is 5.41 Å². The van der Waals surface area contributed by atoms with E-state index in [0.29, 0.717) is 16.7 Å². The van der Waals surface area contributed by atoms with Crippen LogP contribution in [-0.4, -0.2) is 24.2 Å². The minimum atomic E-state index is -0.0281. The van der Waals surface area contributed by atoms with Gasteiger partial charge in [-0.15, -0.1) is 11.8 Å². The number of carbonyl (C=O) groups is 1. The van der Waals surface area contributed by atoms with E-state index >= 15 is 0 Å². The smallest absolute Gasteiger partial charge is 0.221 e. The Kier molecular flexibility index (Phi) is 5.33. The molecule has 116 valence electrons. The second-order valence-electron chi connectivity index (χ2n) is 6.51. The number of carbonyl (C=O) groups excluding carboxylic acids is 1. The summed E-state index contributed by atoms with van der Waals surface area (Å²) in [6.07, 6.45) is 3.84. The number of rotatable bonds is 4. The Hall–Kier alpha value is -1.00. The number of nitrogens with one attached hydrogen (secondary N) is 2. The minimum absolute atomic E-state index is 0.0281. The maximum absolute atomic E-state index is 11.0. The van der Waals surface area contributed by atoms with Crippen LogP contribution in [0.3, 0.4) is 0 Å². The van der Waals surface area contributed by atoms with Crippen LogP contribution < -0.4 is 10.6 Å². The summed E-state index contributed by atoms with van der Waals surface area (Å²) in [5, 5.41) is 6.93. The number of anilines is 1. The number of hydrogen-bond donors (Lipinski definition) is 2. The van der Waals surface area contributed by atoms with Gasteiger partial charge in [0.1, 0.15) is 0 Å². The first-order valence-corrected chi connectivity index (χ1v) is 8.52. The summed E-state index contributed by atoms with van der Waals surface area (Å²) in [5.74, 6) is -0.0281. The second-order valence-corrected chi connectivity index (χ2v) is 7.82. The van der Waals surface area contributed by atoms with Crippen molar-refractivity contribution in [2.75, 3.05) is 12.4 Å². The third kappa shape index (κ3) is 4.24. The Balaban J connectivity index is 2.04. The van der Waals surface area contributed by atoms with Crippen molar-refractivity contribution < 1.29 is 4.79 Å². The normalized spacial score (nSPS) is 24.6. The lowest BCUT2D eigenvalue weighted by molar-refractivity contribution is -0.114. The molecular weight excluding hydrogens is 280 g/mol. The highest BCUT2D eigenvalue weighted by Crippen LogP contribution is 2.42. The van der Waals surface area contributed by atoms with Crippen molar-refractivity contribution in [3.8, 4) is 0 Å². The highest BCUT2D eigenvalue weighted by molar-refractivity contribution is 8.00. The number of hydrogen-bond acceptors (Lipinski definition) is 3. The molecule has 0 heterocycles. The summed E-state index contributed by atoms with van der Waals surface area (Å²) >= 11 is 1.95. The predicted octanol–water partition coefficient (Wildman–Crippen LogP) is 3.90. The monoisotopic (exact) mass is 306 g/mol. The molecule has 2 N–H and O–H groups in total. The van der Waals surface area contributed by atoms with Crippen molar-refractivity contribution in [2.45, 2.75) is 56.2 Å². The van der Waals surface area contributed by atoms with Gasteiger partial charge in [0, 0.05) is 28.8 Å². The number of thioether (sulfide) groups is 1. The summed E-state index contributed by atoms with van der Waals surface area (Å²) in [4.78, 5) is 12.3. The summed E-state index contributed by atoms with van der Waals surface area (Å²) in [6.45, 7) is 6.26. The van der Waals surface area contributed by atoms with E-state index in [9.17, 15) is 4.79 Å². The molecule has 2 unspecified atom stereocenters. The molecule has 4 heteroatoms. The van der Waals surface area contributed by atoms with Crippen molar-refractivity contribution in [3.63, 3.8) is 0 Å². The molecule has 21 heavy (non-hydrogen) atoms. The molecule has 0 saturated heterocycles. The Morgan fingerprint density at radius 3 is 2.52 bits per heavy atom. The zero-order valence-corrected chi connectivity index (χ0v) is 14.2. The van der Waals surface area contributed by atoms with Gasteiger partial charge in [-0.3, -0.25) is 4.79 Å². The highest BCUT2D eigenvalue weighted by Gasteiger charge is 2.38. The van der Waals surface area contributed by atoms with Crippen molar-refractivity contribution in [1.29, 1.82) is 0 Å². The molecule has 1 aliphatic rings. The Bertz CT molecular complexity index is 484. The first-order valence-electron chi connectivity index (χ1n) is 7.64. The van der Waals surface area contributed by atoms with Crippen LogP contribution in [-0.2, 0) is 4.79 Å². The Morgan fingerprint density at radius 2 is 1.95 bits per heavy atom. The van der Waals surface area contributed by atoms with E-state index in [4.69, 9.17) is 0 Å². The molecule has 1 amide bonds. The van der Waals surface area contributed by atoms with E-state index in [2.05, 4.69) is 43.7 Å². The molecule has 2 rings (SSSR count). The Morgan fingerprint density at radius 1 is 1.29 bits per heavy atom. The summed E-state index contributed by atoms with van der Waals surface area (Å²) < 4.78 is 0. The molecule has 1 fully saturated rings. The first-order chi connectivity index (χ1) is 9.92. The molecule has 0 aliphatic heterocycles. The van der Waals surface area contributed by atoms with Gasteiger partial charge in [-0.1, -0.05) is 20.3 Å². The fourth-order valence-corrected chi connectivity index (χ4v) is 4.85. The average Bonchev–Trinajstić information content (AvgIpc) is 2.40. The van der Waals surface area contributed by atoms with E-state index in [0.717, 1.165) is 5.69 Å². The van der Waals surface area contributed by atoms with Gasteiger partial charge in [0.05, 0.1) is 0 Å². The van der Waals surface area contributed by atoms with Gasteiger partial charge in [-0.25, -0.2) is 0 Å². The van der Waals surface area contributed by atoms with Crippen LogP contribution >= 0.6 is 11.8 Å². The third-order valence-electron chi connectivity index (χ3n) is 4.30. The van der Waals surface area contributed by atoms with Crippen molar-refractivity contribution in [1.82, 2.24) is 5.32 Å². The van der Waals surface area contributed by atoms with Gasteiger partial charge in [0.15, 0.2) is 0 Å². The summed E-state index contributed by atoms with van der Waals surface area (Å²) in [7, 11) is 2.07. The van der Waals surface area contributed by atoms with Gasteiger partial charge in [0.2, 0.25) is 5.91 Å². The fraction of sp³-hybridized carbons (Fsp3) is 0.588. The maximum atomic E-state index is 11.0. The second kappa shape index (κ2) is 6.84. The van der Waals surface area contributed by atoms with Crippen molar-refractivity contribution >= 4 is 23.4 Å². The lowest BCUT2D eigenvalue weighted by Crippen LogP contribution is -2.49. The van der Waals surface area contributed by atoms with E-state index < -0.39 is 0 Å². The largest absolute Gasteiger partial charge is 0.326 e. The minimum Gasteiger partial charge on any atom is -0.326 e. The zero-order chi connectivity index (χ0) is 15.5. The molecule has 0 bridgehead atoms. The van der Waals surface area contributed by atoms with Gasteiger partial charge < -0.3 is 10.6 Å². The van der Waals surface area contributed by atoms with Crippen LogP contribution in [0.5, 0.6) is 0 Å². The summed E-state index contributed by atoms with van der Waals surface area (Å²) in [5.41, 5.74) is 1.21. The lowest BCUT2D eigenvalue weighted by atomic mass is 9.73. The van der Waals surface area contributed by atoms with Crippen LogP contribution in [0.25, 0.3) is 0 Å². The molecule has 1 aromatic rings. The average molecular weight is 306 g/mol. The summed E-state index contributed by atoms with van der Waals surface area (Å²) in [6, 6.07) is 8.69. The molecule has 1 saturated carbocycles. The molecule has 0 radical (unpaired) electrons. The van der Waals surface area contributed by atoms with Crippen molar-refractivity contribution in [3.05, 3.63) is 24.3 Å². The standard InChI is InChI=1S/C17H26N2OS/c1-12(20)19-13-7-9-14(10-8-13)21-15-6-5-11-17(2,3)16(15)18-4/h7-10,15-16,18H,5-6,11H2,1-4H3,(H,19,20). The van der Waals surface area contributed by atoms with E-state index in [-0.39, 0.29) is 5.91 Å². The molecule has 1 aliphatic carbocycles. The molecule has 3 nitrogen and oxygen atoms in total. The SMILES string of the molecule is CNC1C(Sc2ccc(NC(C)=O)cc2)CCCC1(C)C. The zero-order valence-electron chi connectivity index (χ0n) is 13.4. The lowest BCUT2D eigenvalue weighted by Gasteiger charge is -2.43. The number of benzene rings is 1. The molecule has 0 aromatic heterocycles. The van der Waals surface area contributed by atoms with Gasteiger partial charge >= 0.3 is 0 Å². The van der Waals surface area contributed by atoms with Gasteiger partial charge in [-0.2, -0.15) is 0 Å². The quantitative estimate of drug-likeness (QED) is 0.886. The highest BCUT2D eigenvalue weighted by atomic mass is 32.2. The topological polar surface area (TPSA) is 41.1 Å². The Labute approximate surface area is 132 Å². The maximum Gasteiger partial charge on any atom is 0.221 e. The van der Waals surface area contributed by atoms with Gasteiger partial charge in [0.25, 0.3) is 0 Å². The fourth-order valence-electron chi connectivity index (χ4n) is 3.28. The molecule has 2 atom stereocenters. The molecule has 1 aromatic carbocycles. The van der Waals surface area contributed by atoms with Crippen LogP contribution in [0.2, 0.25) is 0 Å². The third-order valence-corrected chi connectivity index (χ3v) is 5.65. The predicted molar refractivity (Wildman–Crippen MR) is 90.9 cm³/mol. The molecular formula is C17H26N2OS.